The highest BCUT2D eigenvalue weighted by Crippen LogP contribution is 2.31. The summed E-state index contributed by atoms with van der Waals surface area (Å²) >= 11 is 1.24. The van der Waals surface area contributed by atoms with Crippen molar-refractivity contribution >= 4 is 11.8 Å². The Balaban J connectivity index is 2.10. The van der Waals surface area contributed by atoms with Crippen molar-refractivity contribution in [2.24, 2.45) is 5.73 Å². The Kier molecular flexibility index (Phi) is 4.06. The lowest BCUT2D eigenvalue weighted by atomic mass is 10.3. The van der Waals surface area contributed by atoms with E-state index in [-0.39, 0.29) is 0 Å². The average Bonchev–Trinajstić information content (AvgIpc) is 2.39. The summed E-state index contributed by atoms with van der Waals surface area (Å²) in [6.45, 7) is 0.351. The second-order valence-corrected chi connectivity index (χ2v) is 4.77. The Morgan fingerprint density at radius 2 is 1.84 bits per heavy atom. The third-order valence-electron chi connectivity index (χ3n) is 2.29. The van der Waals surface area contributed by atoms with E-state index in [4.69, 9.17) is 5.73 Å². The molecule has 0 amide bonds. The van der Waals surface area contributed by atoms with E-state index < -0.39 is 11.7 Å². The molecule has 2 N–H and O–H groups in total. The molecule has 3 nitrogen and oxygen atoms in total. The summed E-state index contributed by atoms with van der Waals surface area (Å²) in [5.74, 6) is 0. The van der Waals surface area contributed by atoms with Gasteiger partial charge in [-0.1, -0.05) is 11.8 Å². The molecule has 0 saturated carbocycles. The fraction of sp³-hybridized carbons (Fsp3) is 0.167. The van der Waals surface area contributed by atoms with Gasteiger partial charge in [0.2, 0.25) is 0 Å². The highest BCUT2D eigenvalue weighted by Gasteiger charge is 2.30. The Labute approximate surface area is 112 Å². The lowest BCUT2D eigenvalue weighted by Gasteiger charge is -2.06. The monoisotopic (exact) mass is 285 g/mol. The number of nitrogens with two attached hydrogens (primary N) is 1. The second kappa shape index (κ2) is 5.58. The molecule has 2 aromatic rings. The van der Waals surface area contributed by atoms with Crippen LogP contribution in [0.1, 0.15) is 11.3 Å². The molecule has 0 saturated heterocycles. The summed E-state index contributed by atoms with van der Waals surface area (Å²) in [5.41, 5.74) is 5.42. The zero-order valence-electron chi connectivity index (χ0n) is 9.69. The van der Waals surface area contributed by atoms with Crippen molar-refractivity contribution in [2.45, 2.75) is 22.6 Å². The third-order valence-corrected chi connectivity index (χ3v) is 3.22. The molecule has 2 heterocycles. The maximum absolute atomic E-state index is 12.4. The van der Waals surface area contributed by atoms with Crippen LogP contribution in [0.2, 0.25) is 0 Å². The van der Waals surface area contributed by atoms with Crippen molar-refractivity contribution in [3.8, 4) is 0 Å². The van der Waals surface area contributed by atoms with Crippen LogP contribution in [0.25, 0.3) is 0 Å². The molecule has 7 heteroatoms. The number of hydrogen-bond donors (Lipinski definition) is 1. The fourth-order valence-electron chi connectivity index (χ4n) is 1.32. The molecule has 0 radical (unpaired) electrons. The van der Waals surface area contributed by atoms with Crippen LogP contribution in [0.15, 0.2) is 46.6 Å². The van der Waals surface area contributed by atoms with Crippen LogP contribution in [-0.2, 0) is 12.7 Å². The molecule has 0 aliphatic heterocycles. The Hall–Kier alpha value is -1.60. The van der Waals surface area contributed by atoms with Gasteiger partial charge in [-0.2, -0.15) is 13.2 Å². The van der Waals surface area contributed by atoms with Crippen LogP contribution >= 0.6 is 11.8 Å². The second-order valence-electron chi connectivity index (χ2n) is 3.67. The van der Waals surface area contributed by atoms with Crippen LogP contribution < -0.4 is 5.73 Å². The van der Waals surface area contributed by atoms with Gasteiger partial charge in [0.15, 0.2) is 0 Å². The largest absolute Gasteiger partial charge is 0.417 e. The van der Waals surface area contributed by atoms with Gasteiger partial charge >= 0.3 is 6.18 Å². The van der Waals surface area contributed by atoms with E-state index in [1.807, 2.05) is 0 Å². The molecule has 0 unspecified atom stereocenters. The molecular weight excluding hydrogens is 275 g/mol. The molecule has 100 valence electrons. The number of halogens is 3. The smallest absolute Gasteiger partial charge is 0.325 e. The summed E-state index contributed by atoms with van der Waals surface area (Å²) in [5, 5.41) is 0.482. The minimum atomic E-state index is -4.36. The lowest BCUT2D eigenvalue weighted by Crippen LogP contribution is -2.05. The predicted octanol–water partition coefficient (Wildman–Crippen LogP) is 3.11. The van der Waals surface area contributed by atoms with Crippen LogP contribution in [0.5, 0.6) is 0 Å². The molecule has 0 bridgehead atoms. The van der Waals surface area contributed by atoms with Crippen molar-refractivity contribution in [2.75, 3.05) is 0 Å². The normalized spacial score (nSPS) is 11.6. The van der Waals surface area contributed by atoms with Crippen molar-refractivity contribution in [3.63, 3.8) is 0 Å². The van der Waals surface area contributed by atoms with Gasteiger partial charge in [0.05, 0.1) is 11.3 Å². The van der Waals surface area contributed by atoms with Crippen molar-refractivity contribution in [3.05, 3.63) is 47.9 Å². The summed E-state index contributed by atoms with van der Waals surface area (Å²) in [6.07, 6.45) is -1.92. The summed E-state index contributed by atoms with van der Waals surface area (Å²) in [7, 11) is 0. The highest BCUT2D eigenvalue weighted by atomic mass is 32.2. The van der Waals surface area contributed by atoms with Gasteiger partial charge in [0.25, 0.3) is 0 Å². The quantitative estimate of drug-likeness (QED) is 0.941. The van der Waals surface area contributed by atoms with Gasteiger partial charge < -0.3 is 5.73 Å². The standard InChI is InChI=1S/C12H10F3N3S/c13-12(14,15)8-1-4-11(18-6-8)19-10-3-2-9(5-16)17-7-10/h1-4,6-7H,5,16H2. The zero-order chi connectivity index (χ0) is 13.9. The molecule has 2 rings (SSSR count). The zero-order valence-corrected chi connectivity index (χ0v) is 10.5. The van der Waals surface area contributed by atoms with Crippen molar-refractivity contribution in [1.29, 1.82) is 0 Å². The van der Waals surface area contributed by atoms with Gasteiger partial charge in [-0.3, -0.25) is 4.98 Å². The van der Waals surface area contributed by atoms with Crippen LogP contribution in [0, 0.1) is 0 Å². The molecule has 0 atom stereocenters. The number of hydrogen-bond acceptors (Lipinski definition) is 4. The Morgan fingerprint density at radius 3 is 2.32 bits per heavy atom. The number of nitrogens with zero attached hydrogens (tertiary/aromatic N) is 2. The summed E-state index contributed by atoms with van der Waals surface area (Å²) in [4.78, 5) is 8.67. The lowest BCUT2D eigenvalue weighted by molar-refractivity contribution is -0.137. The third kappa shape index (κ3) is 3.68. The molecule has 0 fully saturated rings. The number of alkyl halides is 3. The first-order chi connectivity index (χ1) is 8.99. The minimum Gasteiger partial charge on any atom is -0.325 e. The van der Waals surface area contributed by atoms with Crippen LogP contribution in [-0.4, -0.2) is 9.97 Å². The average molecular weight is 285 g/mol. The number of aromatic nitrogens is 2. The number of pyridine rings is 2. The summed E-state index contributed by atoms with van der Waals surface area (Å²) in [6, 6.07) is 5.92. The van der Waals surface area contributed by atoms with Gasteiger partial charge in [-0.25, -0.2) is 4.98 Å². The Morgan fingerprint density at radius 1 is 1.05 bits per heavy atom. The van der Waals surface area contributed by atoms with Gasteiger partial charge in [-0.15, -0.1) is 0 Å². The van der Waals surface area contributed by atoms with E-state index in [2.05, 4.69) is 9.97 Å². The minimum absolute atomic E-state index is 0.351. The van der Waals surface area contributed by atoms with E-state index in [0.29, 0.717) is 11.6 Å². The molecule has 0 spiro atoms. The van der Waals surface area contributed by atoms with Gasteiger partial charge in [0.1, 0.15) is 5.03 Å². The van der Waals surface area contributed by atoms with Crippen LogP contribution in [0.3, 0.4) is 0 Å². The first-order valence-electron chi connectivity index (χ1n) is 5.35. The molecule has 2 aromatic heterocycles. The molecular formula is C12H10F3N3S. The highest BCUT2D eigenvalue weighted by molar-refractivity contribution is 7.99. The molecule has 0 aliphatic carbocycles. The first-order valence-corrected chi connectivity index (χ1v) is 6.17. The van der Waals surface area contributed by atoms with Crippen LogP contribution in [0.4, 0.5) is 13.2 Å². The SMILES string of the molecule is NCc1ccc(Sc2ccc(C(F)(F)F)cn2)cn1. The van der Waals surface area contributed by atoms with E-state index in [0.717, 1.165) is 22.9 Å². The Bertz CT molecular complexity index is 538. The first kappa shape index (κ1) is 13.8. The van der Waals surface area contributed by atoms with Gasteiger partial charge in [0, 0.05) is 23.8 Å². The van der Waals surface area contributed by atoms with Crippen molar-refractivity contribution in [1.82, 2.24) is 9.97 Å². The van der Waals surface area contributed by atoms with E-state index in [1.165, 1.54) is 17.8 Å². The maximum atomic E-state index is 12.4. The van der Waals surface area contributed by atoms with Gasteiger partial charge in [-0.05, 0) is 24.3 Å². The van der Waals surface area contributed by atoms with E-state index in [9.17, 15) is 13.2 Å². The van der Waals surface area contributed by atoms with E-state index >= 15 is 0 Å². The molecule has 0 aromatic carbocycles. The van der Waals surface area contributed by atoms with Crippen molar-refractivity contribution < 1.29 is 13.2 Å². The number of rotatable bonds is 3. The molecule has 0 aliphatic rings. The fourth-order valence-corrected chi connectivity index (χ4v) is 2.05. The van der Waals surface area contributed by atoms with E-state index in [1.54, 1.807) is 18.3 Å². The topological polar surface area (TPSA) is 51.8 Å². The summed E-state index contributed by atoms with van der Waals surface area (Å²) < 4.78 is 37.1. The molecule has 19 heavy (non-hydrogen) atoms. The predicted molar refractivity (Wildman–Crippen MR) is 65.5 cm³/mol. The maximum Gasteiger partial charge on any atom is 0.417 e.